The van der Waals surface area contributed by atoms with Gasteiger partial charge in [-0.25, -0.2) is 4.52 Å². The van der Waals surface area contributed by atoms with Crippen molar-refractivity contribution in [1.82, 2.24) is 14.6 Å². The van der Waals surface area contributed by atoms with Gasteiger partial charge in [0.2, 0.25) is 5.95 Å². The highest BCUT2D eigenvalue weighted by Crippen LogP contribution is 2.24. The Morgan fingerprint density at radius 3 is 3.11 bits per heavy atom. The lowest BCUT2D eigenvalue weighted by atomic mass is 10.2. The van der Waals surface area contributed by atoms with Gasteiger partial charge in [0.05, 0.1) is 6.10 Å². The van der Waals surface area contributed by atoms with E-state index in [0.717, 1.165) is 29.4 Å². The Morgan fingerprint density at radius 1 is 1.44 bits per heavy atom. The summed E-state index contributed by atoms with van der Waals surface area (Å²) < 4.78 is 8.13. The van der Waals surface area contributed by atoms with Gasteiger partial charge in [-0.2, -0.15) is 4.98 Å². The molecule has 2 atom stereocenters. The third kappa shape index (κ3) is 2.35. The number of fused-ring (bicyclic) bond motifs is 1. The average Bonchev–Trinajstić information content (AvgIpc) is 2.95. The maximum Gasteiger partial charge on any atom is 0.243 e. The Balaban J connectivity index is 1.75. The molecule has 1 N–H and O–H groups in total. The largest absolute Gasteiger partial charge is 0.381 e. The molecule has 0 radical (unpaired) electrons. The van der Waals surface area contributed by atoms with Gasteiger partial charge in [-0.05, 0) is 47.3 Å². The van der Waals surface area contributed by atoms with Crippen LogP contribution < -0.4 is 5.32 Å². The van der Waals surface area contributed by atoms with Crippen molar-refractivity contribution in [2.75, 3.05) is 12.4 Å². The molecule has 3 rings (SSSR count). The first kappa shape index (κ1) is 11.9. The first-order valence-corrected chi connectivity index (χ1v) is 6.85. The van der Waals surface area contributed by atoms with Gasteiger partial charge in [0, 0.05) is 23.8 Å². The first-order valence-electron chi connectivity index (χ1n) is 6.06. The van der Waals surface area contributed by atoms with Gasteiger partial charge in [-0.3, -0.25) is 0 Å². The van der Waals surface area contributed by atoms with E-state index in [0.29, 0.717) is 18.1 Å². The molecular formula is C12H15BrN4O. The maximum atomic E-state index is 5.36. The molecule has 6 heteroatoms. The zero-order valence-corrected chi connectivity index (χ0v) is 11.7. The third-order valence-electron chi connectivity index (χ3n) is 3.35. The smallest absolute Gasteiger partial charge is 0.243 e. The summed E-state index contributed by atoms with van der Waals surface area (Å²) in [6.45, 7) is 0. The minimum atomic E-state index is 0.369. The Labute approximate surface area is 114 Å². The molecule has 1 aliphatic carbocycles. The molecule has 96 valence electrons. The van der Waals surface area contributed by atoms with E-state index >= 15 is 0 Å². The van der Waals surface area contributed by atoms with Crippen LogP contribution in [0.25, 0.3) is 5.65 Å². The minimum absolute atomic E-state index is 0.369. The summed E-state index contributed by atoms with van der Waals surface area (Å²) in [6, 6.07) is 4.31. The molecule has 1 saturated carbocycles. The van der Waals surface area contributed by atoms with Crippen LogP contribution in [0.2, 0.25) is 0 Å². The predicted octanol–water partition coefficient (Wildman–Crippen LogP) is 2.47. The van der Waals surface area contributed by atoms with E-state index in [9.17, 15) is 0 Å². The number of nitrogens with one attached hydrogen (secondary N) is 1. The molecule has 2 aromatic heterocycles. The lowest BCUT2D eigenvalue weighted by Gasteiger charge is -2.10. The third-order valence-corrected chi connectivity index (χ3v) is 3.82. The average molecular weight is 311 g/mol. The van der Waals surface area contributed by atoms with E-state index in [1.165, 1.54) is 0 Å². The first-order chi connectivity index (χ1) is 8.74. The Morgan fingerprint density at radius 2 is 2.33 bits per heavy atom. The van der Waals surface area contributed by atoms with Crippen LogP contribution in [-0.2, 0) is 4.74 Å². The second-order valence-corrected chi connectivity index (χ2v) is 5.51. The summed E-state index contributed by atoms with van der Waals surface area (Å²) in [6.07, 6.45) is 5.51. The number of anilines is 1. The quantitative estimate of drug-likeness (QED) is 0.946. The van der Waals surface area contributed by atoms with Crippen molar-refractivity contribution in [3.05, 3.63) is 22.8 Å². The number of methoxy groups -OCH3 is 1. The molecular weight excluding hydrogens is 296 g/mol. The molecule has 0 bridgehead atoms. The number of hydrogen-bond donors (Lipinski definition) is 1. The minimum Gasteiger partial charge on any atom is -0.381 e. The van der Waals surface area contributed by atoms with Crippen LogP contribution in [0.5, 0.6) is 0 Å². The Bertz CT molecular complexity index is 556. The summed E-state index contributed by atoms with van der Waals surface area (Å²) in [5.41, 5.74) is 0.849. The standard InChI is InChI=1S/C12H15BrN4O/c1-18-10-4-3-9(6-10)14-12-15-11-5-2-8(13)7-17(11)16-12/h2,5,7,9-10H,3-4,6H2,1H3,(H,14,16). The lowest BCUT2D eigenvalue weighted by molar-refractivity contribution is 0.108. The fraction of sp³-hybridized carbons (Fsp3) is 0.500. The molecule has 0 aromatic carbocycles. The number of rotatable bonds is 3. The molecule has 1 aliphatic rings. The summed E-state index contributed by atoms with van der Waals surface area (Å²) in [7, 11) is 1.77. The second-order valence-electron chi connectivity index (χ2n) is 4.60. The normalized spacial score (nSPS) is 23.7. The fourth-order valence-electron chi connectivity index (χ4n) is 2.39. The van der Waals surface area contributed by atoms with Gasteiger partial charge in [0.1, 0.15) is 0 Å². The highest BCUT2D eigenvalue weighted by molar-refractivity contribution is 9.10. The Kier molecular flexibility index (Phi) is 3.22. The van der Waals surface area contributed by atoms with E-state index in [4.69, 9.17) is 4.74 Å². The summed E-state index contributed by atoms with van der Waals surface area (Å²) in [5, 5.41) is 7.79. The molecule has 0 spiro atoms. The molecule has 0 aliphatic heterocycles. The van der Waals surface area contributed by atoms with E-state index < -0.39 is 0 Å². The van der Waals surface area contributed by atoms with Crippen LogP contribution in [0, 0.1) is 0 Å². The predicted molar refractivity (Wildman–Crippen MR) is 72.7 cm³/mol. The zero-order chi connectivity index (χ0) is 12.5. The van der Waals surface area contributed by atoms with Crippen LogP contribution in [0.1, 0.15) is 19.3 Å². The van der Waals surface area contributed by atoms with Crippen molar-refractivity contribution in [1.29, 1.82) is 0 Å². The number of halogens is 1. The molecule has 0 amide bonds. The molecule has 18 heavy (non-hydrogen) atoms. The highest BCUT2D eigenvalue weighted by Gasteiger charge is 2.25. The number of nitrogens with zero attached hydrogens (tertiary/aromatic N) is 3. The van der Waals surface area contributed by atoms with Gasteiger partial charge < -0.3 is 10.1 Å². The van der Waals surface area contributed by atoms with Crippen molar-refractivity contribution in [3.63, 3.8) is 0 Å². The van der Waals surface area contributed by atoms with E-state index in [1.807, 2.05) is 18.3 Å². The Hall–Kier alpha value is -1.14. The SMILES string of the molecule is COC1CCC(Nc2nc3ccc(Br)cn3n2)C1. The number of pyridine rings is 1. The number of ether oxygens (including phenoxy) is 1. The van der Waals surface area contributed by atoms with Crippen molar-refractivity contribution in [3.8, 4) is 0 Å². The topological polar surface area (TPSA) is 51.5 Å². The molecule has 0 saturated heterocycles. The number of hydrogen-bond acceptors (Lipinski definition) is 4. The molecule has 2 heterocycles. The van der Waals surface area contributed by atoms with Crippen LogP contribution >= 0.6 is 15.9 Å². The van der Waals surface area contributed by atoms with Crippen molar-refractivity contribution < 1.29 is 4.74 Å². The zero-order valence-electron chi connectivity index (χ0n) is 10.1. The lowest BCUT2D eigenvalue weighted by Crippen LogP contribution is -2.18. The molecule has 2 aromatic rings. The van der Waals surface area contributed by atoms with E-state index in [1.54, 1.807) is 11.6 Å². The second kappa shape index (κ2) is 4.85. The molecule has 1 fully saturated rings. The van der Waals surface area contributed by atoms with Gasteiger partial charge >= 0.3 is 0 Å². The highest BCUT2D eigenvalue weighted by atomic mass is 79.9. The number of aromatic nitrogens is 3. The molecule has 2 unspecified atom stereocenters. The van der Waals surface area contributed by atoms with Crippen molar-refractivity contribution in [2.24, 2.45) is 0 Å². The van der Waals surface area contributed by atoms with Crippen LogP contribution in [0.4, 0.5) is 5.95 Å². The summed E-state index contributed by atoms with van der Waals surface area (Å²) in [5.74, 6) is 0.690. The van der Waals surface area contributed by atoms with Crippen LogP contribution in [0.15, 0.2) is 22.8 Å². The van der Waals surface area contributed by atoms with Gasteiger partial charge in [0.15, 0.2) is 5.65 Å². The monoisotopic (exact) mass is 310 g/mol. The van der Waals surface area contributed by atoms with E-state index in [-0.39, 0.29) is 0 Å². The summed E-state index contributed by atoms with van der Waals surface area (Å²) >= 11 is 3.42. The van der Waals surface area contributed by atoms with Gasteiger partial charge in [-0.15, -0.1) is 5.10 Å². The fourth-order valence-corrected chi connectivity index (χ4v) is 2.71. The van der Waals surface area contributed by atoms with Gasteiger partial charge in [-0.1, -0.05) is 0 Å². The van der Waals surface area contributed by atoms with Crippen molar-refractivity contribution in [2.45, 2.75) is 31.4 Å². The van der Waals surface area contributed by atoms with Crippen molar-refractivity contribution >= 4 is 27.5 Å². The van der Waals surface area contributed by atoms with Gasteiger partial charge in [0.25, 0.3) is 0 Å². The van der Waals surface area contributed by atoms with E-state index in [2.05, 4.69) is 31.3 Å². The summed E-state index contributed by atoms with van der Waals surface area (Å²) in [4.78, 5) is 4.45. The maximum absolute atomic E-state index is 5.36. The van der Waals surface area contributed by atoms with Crippen LogP contribution in [-0.4, -0.2) is 33.9 Å². The molecule has 5 nitrogen and oxygen atoms in total. The van der Waals surface area contributed by atoms with Crippen LogP contribution in [0.3, 0.4) is 0 Å².